The normalized spacial score (nSPS) is 17.5. The number of rotatable bonds is 8. The van der Waals surface area contributed by atoms with Crippen LogP contribution in [0, 0.1) is 0 Å². The van der Waals surface area contributed by atoms with E-state index in [-0.39, 0.29) is 38.5 Å². The van der Waals surface area contributed by atoms with Gasteiger partial charge in [-0.25, -0.2) is 13.4 Å². The first-order valence-electron chi connectivity index (χ1n) is 15.8. The number of likely N-dealkylation sites (tertiary alicyclic amines) is 2. The van der Waals surface area contributed by atoms with Crippen LogP contribution in [0.5, 0.6) is 0 Å². The molecule has 1 amide bonds. The van der Waals surface area contributed by atoms with Gasteiger partial charge in [0.15, 0.2) is 15.9 Å². The van der Waals surface area contributed by atoms with Crippen LogP contribution < -0.4 is 5.32 Å². The first-order valence-corrected chi connectivity index (χ1v) is 18.5. The largest absolute Gasteiger partial charge is 0.412 e. The molecule has 48 heavy (non-hydrogen) atoms. The van der Waals surface area contributed by atoms with Gasteiger partial charge in [0.2, 0.25) is 0 Å². The first-order chi connectivity index (χ1) is 22.8. The number of hydrogen-bond acceptors (Lipinski definition) is 6. The van der Waals surface area contributed by atoms with Gasteiger partial charge in [0.05, 0.1) is 31.7 Å². The van der Waals surface area contributed by atoms with Crippen molar-refractivity contribution in [2.45, 2.75) is 55.4 Å². The SMILES string of the molecule is CS(=O)(=O)c1ccc2nc(-c3ccc(Cl)c(Cl)c3)c(CN3CCC(N4CCCC4)CC3)c(C(=O)NC(c3ccccc3)C(F)(F)F)c2c1. The number of piperidine rings is 1. The summed E-state index contributed by atoms with van der Waals surface area (Å²) in [5.41, 5.74) is 1.28. The van der Waals surface area contributed by atoms with E-state index in [4.69, 9.17) is 28.2 Å². The third-order valence-electron chi connectivity index (χ3n) is 9.24. The summed E-state index contributed by atoms with van der Waals surface area (Å²) >= 11 is 12.7. The van der Waals surface area contributed by atoms with Crippen molar-refractivity contribution in [3.8, 4) is 11.3 Å². The Morgan fingerprint density at radius 2 is 1.65 bits per heavy atom. The minimum Gasteiger partial charge on any atom is -0.337 e. The molecule has 2 aliphatic heterocycles. The second-order valence-electron chi connectivity index (χ2n) is 12.5. The average molecular weight is 720 g/mol. The van der Waals surface area contributed by atoms with E-state index in [1.807, 2.05) is 0 Å². The molecule has 0 spiro atoms. The minimum absolute atomic E-state index is 0.0709. The standard InChI is InChI=1S/C35H35Cl2F3N4O3S/c1-48(46,47)25-10-12-30-26(20-25)31(34(45)42-33(35(38,39)40)22-7-3-2-4-8-22)27(32(41-30)23-9-11-28(36)29(37)19-23)21-43-17-13-24(14-18-43)44-15-5-6-16-44/h2-4,7-12,19-20,24,33H,5-6,13-18,21H2,1H3,(H,42,45). The third kappa shape index (κ3) is 7.50. The van der Waals surface area contributed by atoms with Crippen LogP contribution in [0.25, 0.3) is 22.2 Å². The van der Waals surface area contributed by atoms with Crippen LogP contribution >= 0.6 is 23.2 Å². The second-order valence-corrected chi connectivity index (χ2v) is 15.3. The van der Waals surface area contributed by atoms with Crippen LogP contribution in [0.15, 0.2) is 71.6 Å². The molecule has 0 radical (unpaired) electrons. The van der Waals surface area contributed by atoms with Crippen LogP contribution in [-0.2, 0) is 16.4 Å². The molecule has 2 aliphatic rings. The van der Waals surface area contributed by atoms with Gasteiger partial charge in [-0.05, 0) is 87.8 Å². The van der Waals surface area contributed by atoms with E-state index >= 15 is 0 Å². The zero-order valence-electron chi connectivity index (χ0n) is 26.2. The molecule has 4 aromatic rings. The van der Waals surface area contributed by atoms with Gasteiger partial charge in [0.1, 0.15) is 0 Å². The molecule has 2 fully saturated rings. The number of aromatic nitrogens is 1. The van der Waals surface area contributed by atoms with Gasteiger partial charge in [-0.15, -0.1) is 0 Å². The van der Waals surface area contributed by atoms with Gasteiger partial charge in [-0.1, -0.05) is 59.6 Å². The summed E-state index contributed by atoms with van der Waals surface area (Å²) in [6, 6.07) is 14.3. The molecule has 3 heterocycles. The highest BCUT2D eigenvalue weighted by Gasteiger charge is 2.42. The summed E-state index contributed by atoms with van der Waals surface area (Å²) < 4.78 is 68.9. The predicted octanol–water partition coefficient (Wildman–Crippen LogP) is 7.71. The molecule has 1 atom stereocenters. The molecule has 1 unspecified atom stereocenters. The molecule has 3 aromatic carbocycles. The molecule has 7 nitrogen and oxygen atoms in total. The molecule has 0 bridgehead atoms. The van der Waals surface area contributed by atoms with E-state index < -0.39 is 28.0 Å². The van der Waals surface area contributed by atoms with Crippen LogP contribution in [0.1, 0.15) is 53.2 Å². The highest BCUT2D eigenvalue weighted by Crippen LogP contribution is 2.38. The fourth-order valence-corrected chi connectivity index (χ4v) is 7.73. The van der Waals surface area contributed by atoms with E-state index in [0.29, 0.717) is 41.0 Å². The minimum atomic E-state index is -4.82. The maximum atomic E-state index is 14.5. The maximum Gasteiger partial charge on any atom is 0.412 e. The fraction of sp³-hybridized carbons (Fsp3) is 0.371. The number of carbonyl (C=O) groups excluding carboxylic acids is 1. The van der Waals surface area contributed by atoms with E-state index in [1.165, 1.54) is 55.3 Å². The monoisotopic (exact) mass is 718 g/mol. The van der Waals surface area contributed by atoms with E-state index in [9.17, 15) is 26.4 Å². The number of benzene rings is 3. The van der Waals surface area contributed by atoms with E-state index in [1.54, 1.807) is 24.3 Å². The fourth-order valence-electron chi connectivity index (χ4n) is 6.78. The Balaban J connectivity index is 1.52. The molecule has 0 saturated carbocycles. The number of hydrogen-bond donors (Lipinski definition) is 1. The van der Waals surface area contributed by atoms with Crippen molar-refractivity contribution in [1.82, 2.24) is 20.1 Å². The number of carbonyl (C=O) groups is 1. The van der Waals surface area contributed by atoms with Crippen molar-refractivity contribution in [2.24, 2.45) is 0 Å². The number of halogens is 5. The van der Waals surface area contributed by atoms with Crippen molar-refractivity contribution >= 4 is 49.8 Å². The van der Waals surface area contributed by atoms with Gasteiger partial charge >= 0.3 is 6.18 Å². The Morgan fingerprint density at radius 3 is 2.27 bits per heavy atom. The summed E-state index contributed by atoms with van der Waals surface area (Å²) in [4.78, 5) is 23.9. The summed E-state index contributed by atoms with van der Waals surface area (Å²) in [6.45, 7) is 3.77. The van der Waals surface area contributed by atoms with Gasteiger partial charge < -0.3 is 10.2 Å². The second kappa shape index (κ2) is 14.0. The van der Waals surface area contributed by atoms with Crippen LogP contribution in [0.4, 0.5) is 13.2 Å². The molecule has 1 aromatic heterocycles. The van der Waals surface area contributed by atoms with E-state index in [0.717, 1.165) is 32.2 Å². The van der Waals surface area contributed by atoms with Crippen LogP contribution in [-0.4, -0.2) is 73.8 Å². The molecule has 0 aliphatic carbocycles. The zero-order chi connectivity index (χ0) is 34.2. The zero-order valence-corrected chi connectivity index (χ0v) is 28.6. The lowest BCUT2D eigenvalue weighted by Crippen LogP contribution is -2.44. The molecule has 13 heteroatoms. The van der Waals surface area contributed by atoms with Crippen LogP contribution in [0.2, 0.25) is 10.0 Å². The summed E-state index contributed by atoms with van der Waals surface area (Å²) in [6.07, 6.45) is 0.408. The van der Waals surface area contributed by atoms with Gasteiger partial charge in [0.25, 0.3) is 5.91 Å². The van der Waals surface area contributed by atoms with Crippen molar-refractivity contribution in [3.05, 3.63) is 93.5 Å². The average Bonchev–Trinajstić information content (AvgIpc) is 3.59. The van der Waals surface area contributed by atoms with Crippen molar-refractivity contribution < 1.29 is 26.4 Å². The highest BCUT2D eigenvalue weighted by molar-refractivity contribution is 7.90. The van der Waals surface area contributed by atoms with Crippen molar-refractivity contribution in [2.75, 3.05) is 32.4 Å². The number of nitrogens with zero attached hydrogens (tertiary/aromatic N) is 3. The molecule has 6 rings (SSSR count). The summed E-state index contributed by atoms with van der Waals surface area (Å²) in [7, 11) is -3.74. The molecular weight excluding hydrogens is 684 g/mol. The quantitative estimate of drug-likeness (QED) is 0.201. The van der Waals surface area contributed by atoms with E-state index in [2.05, 4.69) is 15.1 Å². The smallest absolute Gasteiger partial charge is 0.337 e. The Hall–Kier alpha value is -3.22. The van der Waals surface area contributed by atoms with Crippen LogP contribution in [0.3, 0.4) is 0 Å². The number of sulfone groups is 1. The molecular formula is C35H35Cl2F3N4O3S. The summed E-state index contributed by atoms with van der Waals surface area (Å²) in [5, 5.41) is 2.93. The number of alkyl halides is 3. The lowest BCUT2D eigenvalue weighted by Gasteiger charge is -2.37. The molecule has 254 valence electrons. The number of nitrogens with one attached hydrogen (secondary N) is 1. The Bertz CT molecular complexity index is 1930. The predicted molar refractivity (Wildman–Crippen MR) is 182 cm³/mol. The number of amides is 1. The van der Waals surface area contributed by atoms with Crippen molar-refractivity contribution in [1.29, 1.82) is 0 Å². The maximum absolute atomic E-state index is 14.5. The molecule has 2 saturated heterocycles. The first kappa shape index (κ1) is 34.6. The van der Waals surface area contributed by atoms with Gasteiger partial charge in [0, 0.05) is 35.4 Å². The van der Waals surface area contributed by atoms with Gasteiger partial charge in [-0.2, -0.15) is 13.2 Å². The summed E-state index contributed by atoms with van der Waals surface area (Å²) in [5.74, 6) is -0.998. The Kier molecular flexibility index (Phi) is 10.1. The lowest BCUT2D eigenvalue weighted by molar-refractivity contribution is -0.155. The lowest BCUT2D eigenvalue weighted by atomic mass is 9.94. The molecule has 1 N–H and O–H groups in total. The Morgan fingerprint density at radius 1 is 0.958 bits per heavy atom. The Labute approximate surface area is 288 Å². The number of pyridine rings is 1. The van der Waals surface area contributed by atoms with Crippen molar-refractivity contribution in [3.63, 3.8) is 0 Å². The highest BCUT2D eigenvalue weighted by atomic mass is 35.5. The topological polar surface area (TPSA) is 82.6 Å². The third-order valence-corrected chi connectivity index (χ3v) is 11.1. The number of fused-ring (bicyclic) bond motifs is 1. The van der Waals surface area contributed by atoms with Gasteiger partial charge in [-0.3, -0.25) is 9.69 Å².